The summed E-state index contributed by atoms with van der Waals surface area (Å²) in [7, 11) is 3.70. The predicted octanol–water partition coefficient (Wildman–Crippen LogP) is 2.21. The lowest BCUT2D eigenvalue weighted by atomic mass is 10.1. The molecule has 100 valence electrons. The van der Waals surface area contributed by atoms with Crippen molar-refractivity contribution in [2.45, 2.75) is 26.3 Å². The number of ether oxygens (including phenoxy) is 1. The van der Waals surface area contributed by atoms with Gasteiger partial charge in [-0.05, 0) is 37.7 Å². The van der Waals surface area contributed by atoms with Crippen molar-refractivity contribution in [2.24, 2.45) is 5.73 Å². The van der Waals surface area contributed by atoms with E-state index in [1.807, 2.05) is 18.2 Å². The molecule has 4 heteroatoms. The van der Waals surface area contributed by atoms with Crippen molar-refractivity contribution in [2.75, 3.05) is 20.7 Å². The van der Waals surface area contributed by atoms with Gasteiger partial charge in [0.15, 0.2) is 0 Å². The molecule has 3 N–H and O–H groups in total. The Labute approximate surface area is 109 Å². The monoisotopic (exact) mass is 249 g/mol. The van der Waals surface area contributed by atoms with Crippen LogP contribution in [0.3, 0.4) is 0 Å². The molecule has 0 aliphatic rings. The number of rotatable bonds is 7. The Hall–Kier alpha value is -1.55. The van der Waals surface area contributed by atoms with E-state index in [2.05, 4.69) is 18.9 Å². The van der Waals surface area contributed by atoms with Crippen LogP contribution in [0.2, 0.25) is 0 Å². The Bertz CT molecular complexity index is 404. The molecule has 0 aromatic heterocycles. The second kappa shape index (κ2) is 7.01. The Kier molecular flexibility index (Phi) is 5.65. The first-order valence-electron chi connectivity index (χ1n) is 6.28. The molecule has 1 rings (SSSR count). The van der Waals surface area contributed by atoms with Gasteiger partial charge in [0.25, 0.3) is 0 Å². The number of hydrogen-bond donors (Lipinski definition) is 2. The highest BCUT2D eigenvalue weighted by Crippen LogP contribution is 2.20. The van der Waals surface area contributed by atoms with E-state index < -0.39 is 0 Å². The minimum Gasteiger partial charge on any atom is -0.496 e. The molecule has 0 aliphatic heterocycles. The lowest BCUT2D eigenvalue weighted by Gasteiger charge is -2.17. The molecular formula is C14H23N3O. The van der Waals surface area contributed by atoms with Gasteiger partial charge < -0.3 is 15.4 Å². The highest BCUT2D eigenvalue weighted by atomic mass is 16.5. The molecule has 0 aliphatic carbocycles. The van der Waals surface area contributed by atoms with Crippen LogP contribution in [0.25, 0.3) is 0 Å². The number of nitrogens with two attached hydrogens (primary N) is 1. The van der Waals surface area contributed by atoms with Crippen molar-refractivity contribution >= 4 is 5.84 Å². The van der Waals surface area contributed by atoms with Crippen molar-refractivity contribution in [3.63, 3.8) is 0 Å². The first-order chi connectivity index (χ1) is 8.58. The van der Waals surface area contributed by atoms with E-state index in [1.54, 1.807) is 7.11 Å². The molecule has 0 amide bonds. The summed E-state index contributed by atoms with van der Waals surface area (Å²) in [5.41, 5.74) is 7.38. The zero-order chi connectivity index (χ0) is 13.5. The van der Waals surface area contributed by atoms with Crippen molar-refractivity contribution in [1.29, 1.82) is 5.41 Å². The van der Waals surface area contributed by atoms with E-state index in [-0.39, 0.29) is 5.84 Å². The number of nitrogens with one attached hydrogen (secondary N) is 1. The minimum absolute atomic E-state index is 0.0462. The third kappa shape index (κ3) is 4.04. The number of amidine groups is 1. The molecule has 0 heterocycles. The maximum absolute atomic E-state index is 7.55. The molecule has 0 saturated carbocycles. The molecule has 0 atom stereocenters. The number of unbranched alkanes of at least 4 members (excludes halogenated alkanes) is 1. The van der Waals surface area contributed by atoms with E-state index in [0.717, 1.165) is 18.7 Å². The second-order valence-corrected chi connectivity index (χ2v) is 4.54. The Balaban J connectivity index is 2.78. The number of methoxy groups -OCH3 is 1. The number of nitrogen functional groups attached to an aromatic ring is 1. The Morgan fingerprint density at radius 1 is 1.44 bits per heavy atom. The Morgan fingerprint density at radius 3 is 2.72 bits per heavy atom. The summed E-state index contributed by atoms with van der Waals surface area (Å²) in [5, 5.41) is 7.55. The maximum atomic E-state index is 7.55. The van der Waals surface area contributed by atoms with Gasteiger partial charge in [-0.3, -0.25) is 5.41 Å². The molecule has 4 nitrogen and oxygen atoms in total. The molecule has 18 heavy (non-hydrogen) atoms. The van der Waals surface area contributed by atoms with Crippen LogP contribution in [0.4, 0.5) is 0 Å². The van der Waals surface area contributed by atoms with Crippen LogP contribution in [0.15, 0.2) is 18.2 Å². The average Bonchev–Trinajstić information content (AvgIpc) is 2.36. The van der Waals surface area contributed by atoms with Gasteiger partial charge in [-0.2, -0.15) is 0 Å². The van der Waals surface area contributed by atoms with Gasteiger partial charge in [-0.1, -0.05) is 19.4 Å². The SMILES string of the molecule is CCCCN(C)Cc1ccc(OC)c(C(=N)N)c1. The smallest absolute Gasteiger partial charge is 0.129 e. The molecule has 0 spiro atoms. The van der Waals surface area contributed by atoms with Crippen molar-refractivity contribution in [3.8, 4) is 5.75 Å². The molecule has 0 bridgehead atoms. The molecule has 0 radical (unpaired) electrons. The van der Waals surface area contributed by atoms with Crippen LogP contribution in [0.1, 0.15) is 30.9 Å². The number of benzene rings is 1. The topological polar surface area (TPSA) is 62.3 Å². The van der Waals surface area contributed by atoms with Crippen LogP contribution in [-0.2, 0) is 6.54 Å². The van der Waals surface area contributed by atoms with Crippen LogP contribution >= 0.6 is 0 Å². The molecular weight excluding hydrogens is 226 g/mol. The zero-order valence-corrected chi connectivity index (χ0v) is 11.5. The zero-order valence-electron chi connectivity index (χ0n) is 11.5. The summed E-state index contributed by atoms with van der Waals surface area (Å²) >= 11 is 0. The maximum Gasteiger partial charge on any atom is 0.129 e. The fraction of sp³-hybridized carbons (Fsp3) is 0.500. The minimum atomic E-state index is 0.0462. The van der Waals surface area contributed by atoms with Gasteiger partial charge >= 0.3 is 0 Å². The quantitative estimate of drug-likeness (QED) is 0.575. The normalized spacial score (nSPS) is 10.7. The molecule has 0 saturated heterocycles. The van der Waals surface area contributed by atoms with Crippen LogP contribution < -0.4 is 10.5 Å². The molecule has 1 aromatic rings. The van der Waals surface area contributed by atoms with E-state index in [1.165, 1.54) is 12.8 Å². The van der Waals surface area contributed by atoms with Gasteiger partial charge in [0, 0.05) is 6.54 Å². The fourth-order valence-corrected chi connectivity index (χ4v) is 1.88. The fourth-order valence-electron chi connectivity index (χ4n) is 1.88. The molecule has 1 aromatic carbocycles. The first-order valence-corrected chi connectivity index (χ1v) is 6.28. The highest BCUT2D eigenvalue weighted by Gasteiger charge is 2.08. The summed E-state index contributed by atoms with van der Waals surface area (Å²) in [6.45, 7) is 4.14. The summed E-state index contributed by atoms with van der Waals surface area (Å²) in [4.78, 5) is 2.27. The molecule has 0 fully saturated rings. The molecule has 0 unspecified atom stereocenters. The number of nitrogens with zero attached hydrogens (tertiary/aromatic N) is 1. The lowest BCUT2D eigenvalue weighted by Crippen LogP contribution is -2.20. The summed E-state index contributed by atoms with van der Waals surface area (Å²) < 4.78 is 5.20. The van der Waals surface area contributed by atoms with E-state index in [9.17, 15) is 0 Å². The standard InChI is InChI=1S/C14H23N3O/c1-4-5-8-17(2)10-11-6-7-13(18-3)12(9-11)14(15)16/h6-7,9H,4-5,8,10H2,1-3H3,(H3,15,16). The largest absolute Gasteiger partial charge is 0.496 e. The van der Waals surface area contributed by atoms with E-state index in [4.69, 9.17) is 15.9 Å². The third-order valence-corrected chi connectivity index (χ3v) is 2.90. The predicted molar refractivity (Wildman–Crippen MR) is 75.3 cm³/mol. The van der Waals surface area contributed by atoms with Crippen molar-refractivity contribution < 1.29 is 4.74 Å². The van der Waals surface area contributed by atoms with Crippen LogP contribution in [-0.4, -0.2) is 31.4 Å². The van der Waals surface area contributed by atoms with Gasteiger partial charge in [0.05, 0.1) is 12.7 Å². The van der Waals surface area contributed by atoms with Gasteiger partial charge in [0.1, 0.15) is 11.6 Å². The summed E-state index contributed by atoms with van der Waals surface area (Å²) in [6.07, 6.45) is 2.40. The van der Waals surface area contributed by atoms with Gasteiger partial charge in [-0.25, -0.2) is 0 Å². The van der Waals surface area contributed by atoms with Gasteiger partial charge in [0.2, 0.25) is 0 Å². The summed E-state index contributed by atoms with van der Waals surface area (Å²) in [5.74, 6) is 0.701. The number of hydrogen-bond acceptors (Lipinski definition) is 3. The highest BCUT2D eigenvalue weighted by molar-refractivity contribution is 5.97. The van der Waals surface area contributed by atoms with Crippen molar-refractivity contribution in [1.82, 2.24) is 4.90 Å². The third-order valence-electron chi connectivity index (χ3n) is 2.90. The average molecular weight is 249 g/mol. The lowest BCUT2D eigenvalue weighted by molar-refractivity contribution is 0.320. The summed E-state index contributed by atoms with van der Waals surface area (Å²) in [6, 6.07) is 5.83. The second-order valence-electron chi connectivity index (χ2n) is 4.54. The van der Waals surface area contributed by atoms with Crippen LogP contribution in [0.5, 0.6) is 5.75 Å². The van der Waals surface area contributed by atoms with E-state index >= 15 is 0 Å². The van der Waals surface area contributed by atoms with Gasteiger partial charge in [-0.15, -0.1) is 0 Å². The van der Waals surface area contributed by atoms with Crippen LogP contribution in [0, 0.1) is 5.41 Å². The first kappa shape index (κ1) is 14.5. The van der Waals surface area contributed by atoms with E-state index in [0.29, 0.717) is 11.3 Å². The Morgan fingerprint density at radius 2 is 2.17 bits per heavy atom. The van der Waals surface area contributed by atoms with Crippen molar-refractivity contribution in [3.05, 3.63) is 29.3 Å².